The predicted molar refractivity (Wildman–Crippen MR) is 64.4 cm³/mol. The van der Waals surface area contributed by atoms with Crippen molar-refractivity contribution in [2.24, 2.45) is 0 Å². The summed E-state index contributed by atoms with van der Waals surface area (Å²) in [6, 6.07) is 3.27. The van der Waals surface area contributed by atoms with Gasteiger partial charge in [-0.1, -0.05) is 19.1 Å². The molecule has 0 fully saturated rings. The van der Waals surface area contributed by atoms with Crippen LogP contribution in [-0.4, -0.2) is 28.9 Å². The molecule has 0 saturated heterocycles. The van der Waals surface area contributed by atoms with Crippen LogP contribution < -0.4 is 0 Å². The minimum absolute atomic E-state index is 0.127. The van der Waals surface area contributed by atoms with E-state index in [1.54, 1.807) is 6.92 Å². The molecule has 6 heteroatoms. The summed E-state index contributed by atoms with van der Waals surface area (Å²) in [5.74, 6) is -3.82. The van der Waals surface area contributed by atoms with Crippen LogP contribution in [0.5, 0.6) is 0 Å². The fourth-order valence-corrected chi connectivity index (χ4v) is 1.90. The third-order valence-electron chi connectivity index (χ3n) is 3.06. The number of hydrogen-bond acceptors (Lipinski definition) is 2. The Kier molecular flexibility index (Phi) is 4.58. The maximum atomic E-state index is 13.8. The van der Waals surface area contributed by atoms with Gasteiger partial charge in [0.05, 0.1) is 0 Å². The van der Waals surface area contributed by atoms with Gasteiger partial charge in [-0.15, -0.1) is 0 Å². The van der Waals surface area contributed by atoms with E-state index < -0.39 is 23.1 Å². The molecular weight excluding hydrogens is 256 g/mol. The lowest BCUT2D eigenvalue weighted by molar-refractivity contribution is -0.155. The van der Waals surface area contributed by atoms with Crippen molar-refractivity contribution in [3.05, 3.63) is 35.4 Å². The molecule has 0 radical (unpaired) electrons. The van der Waals surface area contributed by atoms with Gasteiger partial charge in [-0.2, -0.15) is 0 Å². The number of halogens is 2. The molecule has 0 heterocycles. The monoisotopic (exact) mass is 271 g/mol. The Hall–Kier alpha value is -1.98. The Balaban J connectivity index is 3.45. The van der Waals surface area contributed by atoms with E-state index in [2.05, 4.69) is 0 Å². The SMILES string of the molecule is CCCN(C=O)C(C)(C(=O)O)c1cccc(F)c1F. The number of carboxylic acid groups (broad SMARTS) is 1. The van der Waals surface area contributed by atoms with E-state index in [1.807, 2.05) is 0 Å². The average Bonchev–Trinajstić information content (AvgIpc) is 2.38. The Morgan fingerprint density at radius 3 is 2.58 bits per heavy atom. The van der Waals surface area contributed by atoms with Crippen molar-refractivity contribution in [1.82, 2.24) is 4.90 Å². The second-order valence-corrected chi connectivity index (χ2v) is 4.28. The number of aliphatic carboxylic acids is 1. The first-order valence-corrected chi connectivity index (χ1v) is 5.79. The van der Waals surface area contributed by atoms with E-state index in [0.29, 0.717) is 12.8 Å². The number of nitrogens with zero attached hydrogens (tertiary/aromatic N) is 1. The van der Waals surface area contributed by atoms with E-state index in [0.717, 1.165) is 11.0 Å². The van der Waals surface area contributed by atoms with Crippen molar-refractivity contribution in [2.45, 2.75) is 25.8 Å². The molecule has 0 aliphatic heterocycles. The van der Waals surface area contributed by atoms with Crippen LogP contribution in [0.25, 0.3) is 0 Å². The van der Waals surface area contributed by atoms with Crippen LogP contribution in [0.2, 0.25) is 0 Å². The molecule has 1 rings (SSSR count). The highest BCUT2D eigenvalue weighted by atomic mass is 19.2. The summed E-state index contributed by atoms with van der Waals surface area (Å²) in [6.07, 6.45) is 0.834. The Labute approximate surface area is 109 Å². The highest BCUT2D eigenvalue weighted by Crippen LogP contribution is 2.31. The van der Waals surface area contributed by atoms with Gasteiger partial charge in [0.15, 0.2) is 17.2 Å². The van der Waals surface area contributed by atoms with Crippen molar-refractivity contribution in [2.75, 3.05) is 6.54 Å². The lowest BCUT2D eigenvalue weighted by atomic mass is 9.89. The van der Waals surface area contributed by atoms with Gasteiger partial charge < -0.3 is 10.0 Å². The predicted octanol–water partition coefficient (Wildman–Crippen LogP) is 2.13. The molecule has 0 aliphatic rings. The van der Waals surface area contributed by atoms with Gasteiger partial charge in [0.25, 0.3) is 0 Å². The molecular formula is C13H15F2NO3. The van der Waals surface area contributed by atoms with Crippen LogP contribution >= 0.6 is 0 Å². The summed E-state index contributed by atoms with van der Waals surface area (Å²) < 4.78 is 27.1. The molecule has 0 aliphatic carbocycles. The highest BCUT2D eigenvalue weighted by Gasteiger charge is 2.43. The summed E-state index contributed by atoms with van der Waals surface area (Å²) in [7, 11) is 0. The molecule has 0 spiro atoms. The lowest BCUT2D eigenvalue weighted by Gasteiger charge is -2.35. The number of carboxylic acids is 1. The molecule has 1 unspecified atom stereocenters. The normalized spacial score (nSPS) is 13.7. The first-order valence-electron chi connectivity index (χ1n) is 5.79. The fourth-order valence-electron chi connectivity index (χ4n) is 1.90. The molecule has 1 atom stereocenters. The average molecular weight is 271 g/mol. The van der Waals surface area contributed by atoms with E-state index in [9.17, 15) is 23.5 Å². The van der Waals surface area contributed by atoms with Crippen LogP contribution in [0.15, 0.2) is 18.2 Å². The largest absolute Gasteiger partial charge is 0.479 e. The van der Waals surface area contributed by atoms with Crippen LogP contribution in [0.3, 0.4) is 0 Å². The number of carbonyl (C=O) groups is 2. The smallest absolute Gasteiger partial charge is 0.334 e. The lowest BCUT2D eigenvalue weighted by Crippen LogP contribution is -2.50. The highest BCUT2D eigenvalue weighted by molar-refractivity contribution is 5.83. The number of rotatable bonds is 6. The van der Waals surface area contributed by atoms with Gasteiger partial charge in [0.1, 0.15) is 0 Å². The molecule has 4 nitrogen and oxygen atoms in total. The molecule has 1 amide bonds. The standard InChI is InChI=1S/C13H15F2NO3/c1-3-7-16(8-17)13(2,12(18)19)9-5-4-6-10(14)11(9)15/h4-6,8H,3,7H2,1-2H3,(H,18,19). The molecule has 0 aromatic heterocycles. The van der Waals surface area contributed by atoms with Crippen molar-refractivity contribution in [1.29, 1.82) is 0 Å². The quantitative estimate of drug-likeness (QED) is 0.806. The van der Waals surface area contributed by atoms with Crippen LogP contribution in [0.4, 0.5) is 8.78 Å². The minimum atomic E-state index is -1.94. The Morgan fingerprint density at radius 1 is 1.47 bits per heavy atom. The van der Waals surface area contributed by atoms with Crippen molar-refractivity contribution >= 4 is 12.4 Å². The van der Waals surface area contributed by atoms with Crippen molar-refractivity contribution < 1.29 is 23.5 Å². The second kappa shape index (κ2) is 5.77. The molecule has 19 heavy (non-hydrogen) atoms. The molecule has 0 bridgehead atoms. The van der Waals surface area contributed by atoms with E-state index >= 15 is 0 Å². The summed E-state index contributed by atoms with van der Waals surface area (Å²) in [5.41, 5.74) is -2.32. The summed E-state index contributed by atoms with van der Waals surface area (Å²) >= 11 is 0. The second-order valence-electron chi connectivity index (χ2n) is 4.28. The maximum absolute atomic E-state index is 13.8. The topological polar surface area (TPSA) is 57.6 Å². The van der Waals surface area contributed by atoms with Gasteiger partial charge in [-0.3, -0.25) is 4.79 Å². The number of hydrogen-bond donors (Lipinski definition) is 1. The first kappa shape index (κ1) is 15.1. The number of carbonyl (C=O) groups excluding carboxylic acids is 1. The Bertz CT molecular complexity index is 493. The maximum Gasteiger partial charge on any atom is 0.334 e. The molecule has 1 aromatic carbocycles. The van der Waals surface area contributed by atoms with Gasteiger partial charge in [0, 0.05) is 12.1 Å². The zero-order valence-electron chi connectivity index (χ0n) is 10.7. The van der Waals surface area contributed by atoms with E-state index in [-0.39, 0.29) is 12.1 Å². The summed E-state index contributed by atoms with van der Waals surface area (Å²) in [5, 5.41) is 9.34. The zero-order chi connectivity index (χ0) is 14.6. The van der Waals surface area contributed by atoms with Gasteiger partial charge in [-0.25, -0.2) is 13.6 Å². The molecule has 0 saturated carbocycles. The van der Waals surface area contributed by atoms with Crippen LogP contribution in [-0.2, 0) is 15.1 Å². The van der Waals surface area contributed by atoms with Crippen LogP contribution in [0, 0.1) is 11.6 Å². The summed E-state index contributed by atoms with van der Waals surface area (Å²) in [6.45, 7) is 3.06. The fraction of sp³-hybridized carbons (Fsp3) is 0.385. The third-order valence-corrected chi connectivity index (χ3v) is 3.06. The van der Waals surface area contributed by atoms with Gasteiger partial charge in [-0.05, 0) is 19.4 Å². The zero-order valence-corrected chi connectivity index (χ0v) is 10.7. The number of benzene rings is 1. The van der Waals surface area contributed by atoms with E-state index in [1.165, 1.54) is 19.1 Å². The third kappa shape index (κ3) is 2.57. The first-order chi connectivity index (χ1) is 8.89. The molecule has 104 valence electrons. The Morgan fingerprint density at radius 2 is 2.11 bits per heavy atom. The molecule has 1 N–H and O–H groups in total. The van der Waals surface area contributed by atoms with Crippen molar-refractivity contribution in [3.63, 3.8) is 0 Å². The number of amides is 1. The van der Waals surface area contributed by atoms with Crippen molar-refractivity contribution in [3.8, 4) is 0 Å². The minimum Gasteiger partial charge on any atom is -0.479 e. The molecule has 1 aromatic rings. The summed E-state index contributed by atoms with van der Waals surface area (Å²) in [4.78, 5) is 23.5. The van der Waals surface area contributed by atoms with Crippen LogP contribution in [0.1, 0.15) is 25.8 Å². The van der Waals surface area contributed by atoms with Gasteiger partial charge >= 0.3 is 5.97 Å². The van der Waals surface area contributed by atoms with E-state index in [4.69, 9.17) is 0 Å². The van der Waals surface area contributed by atoms with Gasteiger partial charge in [0.2, 0.25) is 6.41 Å².